The van der Waals surface area contributed by atoms with Gasteiger partial charge in [0.25, 0.3) is 11.4 Å². The van der Waals surface area contributed by atoms with Gasteiger partial charge in [0, 0.05) is 48.5 Å². The first-order valence-corrected chi connectivity index (χ1v) is 8.99. The Balaban J connectivity index is 1.83. The van der Waals surface area contributed by atoms with Gasteiger partial charge in [0.1, 0.15) is 5.75 Å². The number of nitro benzene ring substituents is 2. The van der Waals surface area contributed by atoms with Gasteiger partial charge in [0.2, 0.25) is 5.91 Å². The minimum absolute atomic E-state index is 0.0172. The van der Waals surface area contributed by atoms with Crippen LogP contribution in [0.4, 0.5) is 11.4 Å². The molecule has 1 atom stereocenters. The summed E-state index contributed by atoms with van der Waals surface area (Å²) in [5.41, 5.74) is 1.35. The minimum atomic E-state index is -0.523. The molecule has 0 saturated carbocycles. The highest BCUT2D eigenvalue weighted by Crippen LogP contribution is 2.33. The van der Waals surface area contributed by atoms with Crippen LogP contribution in [-0.2, 0) is 16.1 Å². The molecular formula is C20H19N3O7. The Labute approximate surface area is 171 Å². The Morgan fingerprint density at radius 1 is 1.17 bits per heavy atom. The van der Waals surface area contributed by atoms with E-state index in [1.54, 1.807) is 26.1 Å². The summed E-state index contributed by atoms with van der Waals surface area (Å²) < 4.78 is 10.6. The van der Waals surface area contributed by atoms with Crippen LogP contribution in [0.1, 0.15) is 29.7 Å². The molecule has 0 N–H and O–H groups in total. The molecule has 10 nitrogen and oxygen atoms in total. The summed E-state index contributed by atoms with van der Waals surface area (Å²) in [5, 5.41) is 22.2. The molecule has 156 valence electrons. The van der Waals surface area contributed by atoms with Gasteiger partial charge in [0.15, 0.2) is 6.79 Å². The number of nitrogens with zero attached hydrogens (tertiary/aromatic N) is 3. The Kier molecular flexibility index (Phi) is 6.07. The Hall–Kier alpha value is -3.79. The molecule has 0 aliphatic carbocycles. The molecule has 0 fully saturated rings. The minimum Gasteiger partial charge on any atom is -0.467 e. The first kappa shape index (κ1) is 20.9. The Morgan fingerprint density at radius 2 is 1.90 bits per heavy atom. The van der Waals surface area contributed by atoms with Crippen LogP contribution in [0.15, 0.2) is 42.5 Å². The quantitative estimate of drug-likeness (QED) is 0.402. The number of benzene rings is 2. The van der Waals surface area contributed by atoms with Crippen molar-refractivity contribution < 1.29 is 24.1 Å². The molecule has 10 heteroatoms. The molecule has 30 heavy (non-hydrogen) atoms. The van der Waals surface area contributed by atoms with Crippen LogP contribution in [0.5, 0.6) is 5.75 Å². The molecule has 1 amide bonds. The van der Waals surface area contributed by atoms with Crippen molar-refractivity contribution in [3.63, 3.8) is 0 Å². The molecule has 1 aliphatic rings. The van der Waals surface area contributed by atoms with Crippen LogP contribution in [-0.4, -0.2) is 34.5 Å². The summed E-state index contributed by atoms with van der Waals surface area (Å²) in [5.74, 6) is 0.0617. The zero-order valence-corrected chi connectivity index (χ0v) is 16.3. The molecule has 0 aromatic heterocycles. The van der Waals surface area contributed by atoms with E-state index in [-0.39, 0.29) is 30.7 Å². The number of likely N-dealkylation sites (N-methyl/N-ethyl adjacent to an activating group) is 1. The van der Waals surface area contributed by atoms with Gasteiger partial charge in [-0.3, -0.25) is 25.0 Å². The van der Waals surface area contributed by atoms with E-state index in [0.29, 0.717) is 22.4 Å². The monoisotopic (exact) mass is 413 g/mol. The van der Waals surface area contributed by atoms with E-state index >= 15 is 0 Å². The summed E-state index contributed by atoms with van der Waals surface area (Å²) in [6.07, 6.45) is 2.74. The normalized spacial score (nSPS) is 13.9. The molecule has 2 aromatic rings. The van der Waals surface area contributed by atoms with Crippen molar-refractivity contribution in [2.24, 2.45) is 0 Å². The number of ether oxygens (including phenoxy) is 2. The fourth-order valence-corrected chi connectivity index (χ4v) is 3.05. The van der Waals surface area contributed by atoms with E-state index in [4.69, 9.17) is 9.47 Å². The van der Waals surface area contributed by atoms with E-state index in [1.807, 2.05) is 0 Å². The second kappa shape index (κ2) is 8.70. The number of hydrogen-bond donors (Lipinski definition) is 0. The average Bonchev–Trinajstić information content (AvgIpc) is 2.75. The van der Waals surface area contributed by atoms with Crippen LogP contribution in [0, 0.1) is 20.2 Å². The van der Waals surface area contributed by atoms with Crippen molar-refractivity contribution in [2.45, 2.75) is 19.6 Å². The zero-order chi connectivity index (χ0) is 21.8. The van der Waals surface area contributed by atoms with Crippen LogP contribution in [0.3, 0.4) is 0 Å². The first-order chi connectivity index (χ1) is 14.3. The fourth-order valence-electron chi connectivity index (χ4n) is 3.05. The second-order valence-corrected chi connectivity index (χ2v) is 6.70. The number of non-ortho nitro benzene ring substituents is 2. The summed E-state index contributed by atoms with van der Waals surface area (Å²) in [7, 11) is 1.57. The van der Waals surface area contributed by atoms with Crippen LogP contribution >= 0.6 is 0 Å². The van der Waals surface area contributed by atoms with Gasteiger partial charge in [-0.2, -0.15) is 0 Å². The second-order valence-electron chi connectivity index (χ2n) is 6.70. The smallest absolute Gasteiger partial charge is 0.270 e. The Bertz CT molecular complexity index is 1040. The van der Waals surface area contributed by atoms with E-state index in [9.17, 15) is 25.0 Å². The third kappa shape index (κ3) is 4.44. The zero-order valence-electron chi connectivity index (χ0n) is 16.3. The molecule has 1 heterocycles. The van der Waals surface area contributed by atoms with E-state index < -0.39 is 15.9 Å². The summed E-state index contributed by atoms with van der Waals surface area (Å²) in [6, 6.07) is 8.35. The standard InChI is InChI=1S/C20H19N3O7/c1-13(14-4-3-5-17(8-14)22(25)26)21(2)19(24)7-6-15-9-18(23(27)28)10-16-11-29-12-30-20(15)16/h3-10,13H,11-12H2,1-2H3/b7-6+. The number of nitro groups is 2. The van der Waals surface area contributed by atoms with E-state index in [1.165, 1.54) is 41.3 Å². The lowest BCUT2D eigenvalue weighted by Gasteiger charge is -2.24. The van der Waals surface area contributed by atoms with Crippen molar-refractivity contribution in [3.8, 4) is 5.75 Å². The van der Waals surface area contributed by atoms with Crippen molar-refractivity contribution in [1.29, 1.82) is 0 Å². The largest absolute Gasteiger partial charge is 0.467 e. The maximum Gasteiger partial charge on any atom is 0.270 e. The molecule has 0 saturated heterocycles. The van der Waals surface area contributed by atoms with Crippen molar-refractivity contribution in [3.05, 3.63) is 79.4 Å². The molecule has 1 aliphatic heterocycles. The average molecular weight is 413 g/mol. The van der Waals surface area contributed by atoms with Crippen molar-refractivity contribution in [1.82, 2.24) is 4.90 Å². The third-order valence-corrected chi connectivity index (χ3v) is 4.83. The van der Waals surface area contributed by atoms with Crippen LogP contribution in [0.25, 0.3) is 6.08 Å². The molecule has 0 bridgehead atoms. The van der Waals surface area contributed by atoms with Gasteiger partial charge in [-0.15, -0.1) is 0 Å². The van der Waals surface area contributed by atoms with E-state index in [2.05, 4.69) is 0 Å². The predicted octanol–water partition coefficient (Wildman–Crippen LogP) is 3.60. The molecule has 0 spiro atoms. The SMILES string of the molecule is CC(c1cccc([N+](=O)[O-])c1)N(C)C(=O)/C=C/c1cc([N+](=O)[O-])cc2c1OCOC2. The maximum absolute atomic E-state index is 12.6. The number of hydrogen-bond acceptors (Lipinski definition) is 7. The highest BCUT2D eigenvalue weighted by atomic mass is 16.7. The van der Waals surface area contributed by atoms with Gasteiger partial charge in [-0.05, 0) is 18.6 Å². The van der Waals surface area contributed by atoms with Gasteiger partial charge in [0.05, 0.1) is 22.5 Å². The number of amides is 1. The van der Waals surface area contributed by atoms with Gasteiger partial charge in [-0.25, -0.2) is 0 Å². The van der Waals surface area contributed by atoms with Crippen molar-refractivity contribution in [2.75, 3.05) is 13.8 Å². The Morgan fingerprint density at radius 3 is 2.60 bits per heavy atom. The maximum atomic E-state index is 12.6. The molecule has 3 rings (SSSR count). The molecule has 0 radical (unpaired) electrons. The summed E-state index contributed by atoms with van der Waals surface area (Å²) in [4.78, 5) is 35.2. The topological polar surface area (TPSA) is 125 Å². The number of carbonyl (C=O) groups is 1. The first-order valence-electron chi connectivity index (χ1n) is 8.99. The number of fused-ring (bicyclic) bond motifs is 1. The highest BCUT2D eigenvalue weighted by Gasteiger charge is 2.21. The lowest BCUT2D eigenvalue weighted by Crippen LogP contribution is -2.28. The molecule has 2 aromatic carbocycles. The third-order valence-electron chi connectivity index (χ3n) is 4.83. The summed E-state index contributed by atoms with van der Waals surface area (Å²) >= 11 is 0. The van der Waals surface area contributed by atoms with E-state index in [0.717, 1.165) is 0 Å². The number of rotatable bonds is 6. The summed E-state index contributed by atoms with van der Waals surface area (Å²) in [6.45, 7) is 1.94. The van der Waals surface area contributed by atoms with Gasteiger partial charge < -0.3 is 14.4 Å². The van der Waals surface area contributed by atoms with Gasteiger partial charge >= 0.3 is 0 Å². The van der Waals surface area contributed by atoms with Gasteiger partial charge in [-0.1, -0.05) is 12.1 Å². The lowest BCUT2D eigenvalue weighted by molar-refractivity contribution is -0.385. The predicted molar refractivity (Wildman–Crippen MR) is 107 cm³/mol. The fraction of sp³-hybridized carbons (Fsp3) is 0.250. The molecular weight excluding hydrogens is 394 g/mol. The van der Waals surface area contributed by atoms with Crippen LogP contribution in [0.2, 0.25) is 0 Å². The van der Waals surface area contributed by atoms with Crippen molar-refractivity contribution >= 4 is 23.4 Å². The van der Waals surface area contributed by atoms with Crippen LogP contribution < -0.4 is 4.74 Å². The molecule has 1 unspecified atom stereocenters. The number of carbonyl (C=O) groups excluding carboxylic acids is 1. The highest BCUT2D eigenvalue weighted by molar-refractivity contribution is 5.92. The lowest BCUT2D eigenvalue weighted by atomic mass is 10.1.